The second kappa shape index (κ2) is 9.47. The molecule has 0 saturated heterocycles. The third-order valence-corrected chi connectivity index (χ3v) is 3.65. The second-order valence-corrected chi connectivity index (χ2v) is 5.38. The Hall–Kier alpha value is -2.82. The number of methoxy groups -OCH3 is 1. The Morgan fingerprint density at radius 1 is 1.20 bits per heavy atom. The summed E-state index contributed by atoms with van der Waals surface area (Å²) in [5.74, 6) is 0.720. The third kappa shape index (κ3) is 5.35. The highest BCUT2D eigenvalue weighted by Crippen LogP contribution is 2.22. The number of aromatic nitrogens is 1. The van der Waals surface area contributed by atoms with Crippen LogP contribution in [0.4, 0.5) is 0 Å². The average Bonchev–Trinajstić information content (AvgIpc) is 2.65. The first-order chi connectivity index (χ1) is 12.2. The van der Waals surface area contributed by atoms with Gasteiger partial charge in [0.25, 0.3) is 0 Å². The van der Waals surface area contributed by atoms with Crippen LogP contribution < -0.4 is 9.47 Å². The number of carbonyl (C=O) groups excluding carboxylic acids is 1. The number of benzene rings is 1. The van der Waals surface area contributed by atoms with Gasteiger partial charge in [0.05, 0.1) is 25.6 Å². The molecule has 0 radical (unpaired) electrons. The van der Waals surface area contributed by atoms with E-state index in [-0.39, 0.29) is 5.97 Å². The summed E-state index contributed by atoms with van der Waals surface area (Å²) < 4.78 is 16.0. The van der Waals surface area contributed by atoms with E-state index in [1.165, 1.54) is 0 Å². The van der Waals surface area contributed by atoms with Gasteiger partial charge in [-0.1, -0.05) is 18.2 Å². The van der Waals surface area contributed by atoms with Crippen molar-refractivity contribution in [3.8, 4) is 11.5 Å². The van der Waals surface area contributed by atoms with Crippen LogP contribution in [0.1, 0.15) is 30.5 Å². The fourth-order valence-corrected chi connectivity index (χ4v) is 2.32. The number of pyridine rings is 1. The number of carbonyl (C=O) groups is 1. The zero-order chi connectivity index (χ0) is 18.1. The maximum Gasteiger partial charge on any atom is 0.315 e. The van der Waals surface area contributed by atoms with Gasteiger partial charge in [-0.15, -0.1) is 6.58 Å². The molecule has 0 N–H and O–H groups in total. The second-order valence-electron chi connectivity index (χ2n) is 5.38. The standard InChI is InChI=1S/C20H23NO4/c1-4-6-18(20(22)24-5-2)19-12-11-17(13-21-19)25-14-15-7-9-16(23-3)10-8-15/h4,7-13,18H,1,5-6,14H2,2-3H3. The van der Waals surface area contributed by atoms with Gasteiger partial charge in [0, 0.05) is 0 Å². The minimum Gasteiger partial charge on any atom is -0.497 e. The number of allylic oxidation sites excluding steroid dienone is 1. The molecule has 2 rings (SSSR count). The molecule has 1 aromatic heterocycles. The summed E-state index contributed by atoms with van der Waals surface area (Å²) in [5, 5.41) is 0. The van der Waals surface area contributed by atoms with Crippen LogP contribution in [-0.2, 0) is 16.1 Å². The first kappa shape index (κ1) is 18.5. The molecule has 0 aliphatic carbocycles. The molecule has 1 atom stereocenters. The van der Waals surface area contributed by atoms with E-state index in [1.54, 1.807) is 38.4 Å². The molecule has 0 amide bonds. The summed E-state index contributed by atoms with van der Waals surface area (Å²) in [6.45, 7) is 6.25. The van der Waals surface area contributed by atoms with Gasteiger partial charge in [0.2, 0.25) is 0 Å². The fraction of sp³-hybridized carbons (Fsp3) is 0.300. The van der Waals surface area contributed by atoms with Crippen molar-refractivity contribution in [1.82, 2.24) is 4.98 Å². The van der Waals surface area contributed by atoms with Crippen molar-refractivity contribution in [2.45, 2.75) is 25.9 Å². The summed E-state index contributed by atoms with van der Waals surface area (Å²) in [4.78, 5) is 16.4. The Kier molecular flexibility index (Phi) is 7.01. The predicted molar refractivity (Wildman–Crippen MR) is 95.8 cm³/mol. The van der Waals surface area contributed by atoms with Crippen molar-refractivity contribution < 1.29 is 19.0 Å². The van der Waals surface area contributed by atoms with E-state index in [9.17, 15) is 4.79 Å². The number of hydrogen-bond donors (Lipinski definition) is 0. The first-order valence-corrected chi connectivity index (χ1v) is 8.17. The van der Waals surface area contributed by atoms with Gasteiger partial charge in [0.1, 0.15) is 24.0 Å². The monoisotopic (exact) mass is 341 g/mol. The fourth-order valence-electron chi connectivity index (χ4n) is 2.32. The smallest absolute Gasteiger partial charge is 0.315 e. The van der Waals surface area contributed by atoms with Crippen molar-refractivity contribution in [2.24, 2.45) is 0 Å². The van der Waals surface area contributed by atoms with Gasteiger partial charge in [-0.05, 0) is 43.2 Å². The summed E-state index contributed by atoms with van der Waals surface area (Å²) in [5.41, 5.74) is 1.68. The van der Waals surface area contributed by atoms with Gasteiger partial charge < -0.3 is 14.2 Å². The molecule has 0 aliphatic heterocycles. The van der Waals surface area contributed by atoms with Crippen molar-refractivity contribution in [3.05, 3.63) is 66.5 Å². The molecule has 0 fully saturated rings. The van der Waals surface area contributed by atoms with Crippen LogP contribution in [0, 0.1) is 0 Å². The summed E-state index contributed by atoms with van der Waals surface area (Å²) in [6, 6.07) is 11.3. The maximum atomic E-state index is 12.0. The highest BCUT2D eigenvalue weighted by atomic mass is 16.5. The van der Waals surface area contributed by atoms with Gasteiger partial charge in [-0.3, -0.25) is 9.78 Å². The van der Waals surface area contributed by atoms with Crippen LogP contribution >= 0.6 is 0 Å². The van der Waals surface area contributed by atoms with Crippen LogP contribution in [-0.4, -0.2) is 24.7 Å². The summed E-state index contributed by atoms with van der Waals surface area (Å²) in [7, 11) is 1.63. The molecule has 2 aromatic rings. The predicted octanol–water partition coefficient (Wildman–Crippen LogP) is 3.89. The number of esters is 1. The molecule has 5 nitrogen and oxygen atoms in total. The summed E-state index contributed by atoms with van der Waals surface area (Å²) >= 11 is 0. The quantitative estimate of drug-likeness (QED) is 0.511. The minimum absolute atomic E-state index is 0.290. The van der Waals surface area contributed by atoms with Crippen LogP contribution in [0.2, 0.25) is 0 Å². The Morgan fingerprint density at radius 2 is 1.92 bits per heavy atom. The number of rotatable bonds is 9. The van der Waals surface area contributed by atoms with Gasteiger partial charge in [0.15, 0.2) is 0 Å². The van der Waals surface area contributed by atoms with E-state index in [2.05, 4.69) is 11.6 Å². The zero-order valence-corrected chi connectivity index (χ0v) is 14.6. The SMILES string of the molecule is C=CCC(C(=O)OCC)c1ccc(OCc2ccc(OC)cc2)cn1. The lowest BCUT2D eigenvalue weighted by Gasteiger charge is -2.14. The topological polar surface area (TPSA) is 57.7 Å². The van der Waals surface area contributed by atoms with Gasteiger partial charge >= 0.3 is 5.97 Å². The molecule has 25 heavy (non-hydrogen) atoms. The molecule has 1 aromatic carbocycles. The Balaban J connectivity index is 1.99. The lowest BCUT2D eigenvalue weighted by Crippen LogP contribution is -2.16. The molecule has 0 spiro atoms. The summed E-state index contributed by atoms with van der Waals surface area (Å²) in [6.07, 6.45) is 3.80. The molecule has 0 saturated carbocycles. The Bertz CT molecular complexity index is 680. The largest absolute Gasteiger partial charge is 0.497 e. The zero-order valence-electron chi connectivity index (χ0n) is 14.6. The van der Waals surface area contributed by atoms with E-state index in [1.807, 2.05) is 24.3 Å². The van der Waals surface area contributed by atoms with E-state index in [4.69, 9.17) is 14.2 Å². The molecular weight excluding hydrogens is 318 g/mol. The average molecular weight is 341 g/mol. The molecular formula is C20H23NO4. The minimum atomic E-state index is -0.437. The van der Waals surface area contributed by atoms with Crippen molar-refractivity contribution in [3.63, 3.8) is 0 Å². The molecule has 132 valence electrons. The van der Waals surface area contributed by atoms with Gasteiger partial charge in [-0.25, -0.2) is 0 Å². The third-order valence-electron chi connectivity index (χ3n) is 3.65. The van der Waals surface area contributed by atoms with Crippen LogP contribution in [0.15, 0.2) is 55.3 Å². The molecule has 1 unspecified atom stereocenters. The maximum absolute atomic E-state index is 12.0. The van der Waals surface area contributed by atoms with Crippen molar-refractivity contribution in [2.75, 3.05) is 13.7 Å². The lowest BCUT2D eigenvalue weighted by molar-refractivity contribution is -0.145. The van der Waals surface area contributed by atoms with E-state index >= 15 is 0 Å². The molecule has 0 aliphatic rings. The normalized spacial score (nSPS) is 11.4. The lowest BCUT2D eigenvalue weighted by atomic mass is 10.0. The highest BCUT2D eigenvalue weighted by Gasteiger charge is 2.21. The van der Waals surface area contributed by atoms with Crippen LogP contribution in [0.5, 0.6) is 11.5 Å². The van der Waals surface area contributed by atoms with E-state index in [0.29, 0.717) is 31.1 Å². The van der Waals surface area contributed by atoms with Crippen LogP contribution in [0.25, 0.3) is 0 Å². The highest BCUT2D eigenvalue weighted by molar-refractivity contribution is 5.77. The van der Waals surface area contributed by atoms with E-state index in [0.717, 1.165) is 11.3 Å². The number of nitrogens with zero attached hydrogens (tertiary/aromatic N) is 1. The first-order valence-electron chi connectivity index (χ1n) is 8.17. The molecule has 0 bridgehead atoms. The van der Waals surface area contributed by atoms with Gasteiger partial charge in [-0.2, -0.15) is 0 Å². The molecule has 5 heteroatoms. The van der Waals surface area contributed by atoms with E-state index < -0.39 is 5.92 Å². The number of hydrogen-bond acceptors (Lipinski definition) is 5. The molecule has 1 heterocycles. The van der Waals surface area contributed by atoms with Crippen molar-refractivity contribution >= 4 is 5.97 Å². The number of ether oxygens (including phenoxy) is 3. The Labute approximate surface area is 148 Å². The Morgan fingerprint density at radius 3 is 2.48 bits per heavy atom. The van der Waals surface area contributed by atoms with Crippen molar-refractivity contribution in [1.29, 1.82) is 0 Å². The van der Waals surface area contributed by atoms with Crippen LogP contribution in [0.3, 0.4) is 0 Å².